The molecule has 1 aliphatic rings. The van der Waals surface area contributed by atoms with E-state index in [1.165, 1.54) is 28.7 Å². The third kappa shape index (κ3) is 3.52. The lowest BCUT2D eigenvalue weighted by molar-refractivity contribution is 0.700. The van der Waals surface area contributed by atoms with Gasteiger partial charge in [-0.15, -0.1) is 11.3 Å². The second-order valence-electron chi connectivity index (χ2n) is 7.87. The van der Waals surface area contributed by atoms with E-state index in [2.05, 4.69) is 26.3 Å². The van der Waals surface area contributed by atoms with Crippen LogP contribution in [0.15, 0.2) is 61.6 Å². The monoisotopic (exact) mass is 439 g/mol. The highest BCUT2D eigenvalue weighted by Gasteiger charge is 2.21. The van der Waals surface area contributed by atoms with Crippen LogP contribution in [0.25, 0.3) is 27.4 Å². The number of rotatable bonds is 5. The molecule has 0 unspecified atom stereocenters. The minimum Gasteiger partial charge on any atom is -0.365 e. The number of aryl methyl sites for hydroxylation is 2. The molecule has 0 bridgehead atoms. The fourth-order valence-corrected chi connectivity index (χ4v) is 5.46. The highest BCUT2D eigenvalue weighted by molar-refractivity contribution is 7.19. The van der Waals surface area contributed by atoms with Crippen LogP contribution in [0.5, 0.6) is 0 Å². The van der Waals surface area contributed by atoms with E-state index in [1.54, 1.807) is 18.7 Å². The average molecular weight is 440 g/mol. The van der Waals surface area contributed by atoms with Crippen LogP contribution in [0.1, 0.15) is 28.8 Å². The van der Waals surface area contributed by atoms with Gasteiger partial charge in [-0.25, -0.2) is 19.9 Å². The van der Waals surface area contributed by atoms with Crippen molar-refractivity contribution in [2.24, 2.45) is 0 Å². The lowest BCUT2D eigenvalue weighted by Gasteiger charge is -2.14. The number of thiophene rings is 1. The van der Waals surface area contributed by atoms with E-state index in [0.717, 1.165) is 40.4 Å². The van der Waals surface area contributed by atoms with E-state index in [9.17, 15) is 0 Å². The van der Waals surface area contributed by atoms with Gasteiger partial charge in [-0.3, -0.25) is 9.55 Å². The van der Waals surface area contributed by atoms with Gasteiger partial charge in [-0.2, -0.15) is 0 Å². The summed E-state index contributed by atoms with van der Waals surface area (Å²) in [6.07, 6.45) is 15.5. The van der Waals surface area contributed by atoms with Gasteiger partial charge < -0.3 is 5.32 Å². The predicted molar refractivity (Wildman–Crippen MR) is 126 cm³/mol. The Morgan fingerprint density at radius 3 is 2.88 bits per heavy atom. The molecule has 0 aromatic carbocycles. The first-order valence-electron chi connectivity index (χ1n) is 10.7. The zero-order valence-electron chi connectivity index (χ0n) is 17.4. The standard InChI is InChI=1S/C24H21N7S/c1-2-6-19-18(5-1)21-23(29-22(30-24(21)32-19)17-4-3-8-25-14-17)28-13-16-7-9-27-20(12-16)31-11-10-26-15-31/h3-4,7-12,14-15H,1-2,5-6,13H2,(H,28,29,30). The SMILES string of the molecule is c1cncc(-c2nc(NCc3ccnc(-n4ccnc4)c3)c3c4c(sc3n2)CCCC4)c1. The number of hydrogen-bond donors (Lipinski definition) is 1. The van der Waals surface area contributed by atoms with Crippen LogP contribution < -0.4 is 5.32 Å². The van der Waals surface area contributed by atoms with Gasteiger partial charge in [0.25, 0.3) is 0 Å². The van der Waals surface area contributed by atoms with Gasteiger partial charge in [0.1, 0.15) is 22.8 Å². The highest BCUT2D eigenvalue weighted by atomic mass is 32.1. The van der Waals surface area contributed by atoms with E-state index in [0.29, 0.717) is 12.4 Å². The van der Waals surface area contributed by atoms with Gasteiger partial charge in [0.05, 0.1) is 5.39 Å². The van der Waals surface area contributed by atoms with Crippen LogP contribution in [-0.2, 0) is 19.4 Å². The third-order valence-electron chi connectivity index (χ3n) is 5.77. The smallest absolute Gasteiger partial charge is 0.164 e. The Morgan fingerprint density at radius 2 is 2.00 bits per heavy atom. The number of nitrogens with one attached hydrogen (secondary N) is 1. The van der Waals surface area contributed by atoms with Crippen molar-refractivity contribution in [1.29, 1.82) is 0 Å². The molecule has 6 rings (SSSR count). The lowest BCUT2D eigenvalue weighted by atomic mass is 9.97. The molecule has 5 aromatic heterocycles. The Labute approximate surface area is 189 Å². The number of aromatic nitrogens is 6. The molecule has 0 saturated heterocycles. The Balaban J connectivity index is 1.39. The van der Waals surface area contributed by atoms with Crippen molar-refractivity contribution in [2.45, 2.75) is 32.2 Å². The molecule has 8 heteroatoms. The number of anilines is 1. The molecule has 5 aromatic rings. The molecule has 0 atom stereocenters. The molecule has 0 saturated carbocycles. The molecule has 32 heavy (non-hydrogen) atoms. The number of pyridine rings is 2. The first-order valence-corrected chi connectivity index (χ1v) is 11.6. The minimum atomic E-state index is 0.646. The summed E-state index contributed by atoms with van der Waals surface area (Å²) in [5, 5.41) is 4.79. The van der Waals surface area contributed by atoms with Crippen molar-refractivity contribution in [2.75, 3.05) is 5.32 Å². The molecule has 0 fully saturated rings. The number of imidazole rings is 1. The molecule has 0 spiro atoms. The van der Waals surface area contributed by atoms with Crippen molar-refractivity contribution < 1.29 is 0 Å². The summed E-state index contributed by atoms with van der Waals surface area (Å²) >= 11 is 1.81. The van der Waals surface area contributed by atoms with Gasteiger partial charge >= 0.3 is 0 Å². The van der Waals surface area contributed by atoms with Crippen molar-refractivity contribution in [3.63, 3.8) is 0 Å². The molecule has 7 nitrogen and oxygen atoms in total. The third-order valence-corrected chi connectivity index (χ3v) is 6.96. The van der Waals surface area contributed by atoms with Gasteiger partial charge in [-0.05, 0) is 61.1 Å². The molecule has 0 amide bonds. The molecular formula is C24H21N7S. The maximum atomic E-state index is 4.95. The van der Waals surface area contributed by atoms with Crippen LogP contribution >= 0.6 is 11.3 Å². The highest BCUT2D eigenvalue weighted by Crippen LogP contribution is 2.39. The quantitative estimate of drug-likeness (QED) is 0.423. The summed E-state index contributed by atoms with van der Waals surface area (Å²) in [6, 6.07) is 8.02. The largest absolute Gasteiger partial charge is 0.365 e. The molecule has 158 valence electrons. The van der Waals surface area contributed by atoms with Crippen LogP contribution in [-0.4, -0.2) is 29.5 Å². The molecular weight excluding hydrogens is 418 g/mol. The van der Waals surface area contributed by atoms with Crippen molar-refractivity contribution >= 4 is 27.4 Å². The Kier molecular flexibility index (Phi) is 4.84. The summed E-state index contributed by atoms with van der Waals surface area (Å²) in [5.74, 6) is 2.45. The molecule has 0 radical (unpaired) electrons. The van der Waals surface area contributed by atoms with Crippen LogP contribution in [0, 0.1) is 0 Å². The topological polar surface area (TPSA) is 81.4 Å². The van der Waals surface area contributed by atoms with Crippen LogP contribution in [0.3, 0.4) is 0 Å². The maximum Gasteiger partial charge on any atom is 0.164 e. The van der Waals surface area contributed by atoms with Crippen molar-refractivity contribution in [3.05, 3.63) is 77.6 Å². The summed E-state index contributed by atoms with van der Waals surface area (Å²) in [6.45, 7) is 0.646. The van der Waals surface area contributed by atoms with Crippen molar-refractivity contribution in [1.82, 2.24) is 29.5 Å². The second-order valence-corrected chi connectivity index (χ2v) is 8.96. The van der Waals surface area contributed by atoms with Crippen LogP contribution in [0.4, 0.5) is 5.82 Å². The van der Waals surface area contributed by atoms with Gasteiger partial charge in [-0.1, -0.05) is 0 Å². The van der Waals surface area contributed by atoms with Crippen LogP contribution in [0.2, 0.25) is 0 Å². The zero-order chi connectivity index (χ0) is 21.3. The molecule has 1 aliphatic carbocycles. The Hall–Kier alpha value is -3.65. The summed E-state index contributed by atoms with van der Waals surface area (Å²) < 4.78 is 1.90. The van der Waals surface area contributed by atoms with E-state index in [-0.39, 0.29) is 0 Å². The first-order chi connectivity index (χ1) is 15.8. The molecule has 1 N–H and O–H groups in total. The Bertz CT molecular complexity index is 1380. The van der Waals surface area contributed by atoms with E-state index >= 15 is 0 Å². The predicted octanol–water partition coefficient (Wildman–Crippen LogP) is 4.82. The van der Waals surface area contributed by atoms with E-state index in [1.807, 2.05) is 52.7 Å². The minimum absolute atomic E-state index is 0.646. The van der Waals surface area contributed by atoms with Crippen molar-refractivity contribution in [3.8, 4) is 17.2 Å². The Morgan fingerprint density at radius 1 is 1.03 bits per heavy atom. The first kappa shape index (κ1) is 19.1. The maximum absolute atomic E-state index is 4.95. The van der Waals surface area contributed by atoms with E-state index in [4.69, 9.17) is 9.97 Å². The molecule has 0 aliphatic heterocycles. The fraction of sp³-hybridized carbons (Fsp3) is 0.208. The summed E-state index contributed by atoms with van der Waals surface area (Å²) in [5.41, 5.74) is 3.47. The fourth-order valence-electron chi connectivity index (χ4n) is 4.20. The number of nitrogens with zero attached hydrogens (tertiary/aromatic N) is 6. The molecule has 5 heterocycles. The summed E-state index contributed by atoms with van der Waals surface area (Å²) in [7, 11) is 0. The van der Waals surface area contributed by atoms with Gasteiger partial charge in [0.15, 0.2) is 5.82 Å². The van der Waals surface area contributed by atoms with E-state index < -0.39 is 0 Å². The number of hydrogen-bond acceptors (Lipinski definition) is 7. The number of fused-ring (bicyclic) bond motifs is 3. The zero-order valence-corrected chi connectivity index (χ0v) is 18.2. The lowest BCUT2D eigenvalue weighted by Crippen LogP contribution is -2.06. The summed E-state index contributed by atoms with van der Waals surface area (Å²) in [4.78, 5) is 25.2. The normalized spacial score (nSPS) is 13.2. The van der Waals surface area contributed by atoms with Gasteiger partial charge in [0, 0.05) is 48.0 Å². The van der Waals surface area contributed by atoms with Gasteiger partial charge in [0.2, 0.25) is 0 Å². The average Bonchev–Trinajstić information content (AvgIpc) is 3.51. The second kappa shape index (κ2) is 8.12.